The fraction of sp³-hybridized carbons (Fsp3) is 0.174. The molecule has 0 aromatic heterocycles. The monoisotopic (exact) mass is 408 g/mol. The molecule has 0 radical (unpaired) electrons. The van der Waals surface area contributed by atoms with Crippen LogP contribution < -0.4 is 9.62 Å². The van der Waals surface area contributed by atoms with Gasteiger partial charge in [-0.05, 0) is 62.2 Å². The van der Waals surface area contributed by atoms with Crippen LogP contribution in [-0.4, -0.2) is 21.4 Å². The van der Waals surface area contributed by atoms with Gasteiger partial charge in [-0.1, -0.05) is 42.0 Å². The van der Waals surface area contributed by atoms with Gasteiger partial charge in [0.1, 0.15) is 0 Å². The van der Waals surface area contributed by atoms with Crippen LogP contribution >= 0.6 is 0 Å². The van der Waals surface area contributed by atoms with E-state index >= 15 is 0 Å². The van der Waals surface area contributed by atoms with Crippen LogP contribution in [0.15, 0.2) is 71.6 Å². The van der Waals surface area contributed by atoms with Crippen LogP contribution in [0.2, 0.25) is 0 Å². The molecule has 3 aromatic rings. The third kappa shape index (κ3) is 4.32. The quantitative estimate of drug-likeness (QED) is 0.666. The number of rotatable bonds is 5. The molecule has 150 valence electrons. The molecule has 3 rings (SSSR count). The van der Waals surface area contributed by atoms with Gasteiger partial charge in [0.15, 0.2) is 0 Å². The molecule has 3 aromatic carbocycles. The summed E-state index contributed by atoms with van der Waals surface area (Å²) in [6.45, 7) is 5.76. The number of hydrogen-bond donors (Lipinski definition) is 1. The van der Waals surface area contributed by atoms with Crippen molar-refractivity contribution in [2.24, 2.45) is 0 Å². The largest absolute Gasteiger partial charge is 0.322 e. The van der Waals surface area contributed by atoms with Crippen molar-refractivity contribution in [3.63, 3.8) is 0 Å². The van der Waals surface area contributed by atoms with Crippen molar-refractivity contribution in [1.82, 2.24) is 0 Å². The molecule has 0 aliphatic carbocycles. The van der Waals surface area contributed by atoms with Gasteiger partial charge < -0.3 is 5.32 Å². The number of amides is 1. The minimum atomic E-state index is -3.80. The van der Waals surface area contributed by atoms with Crippen LogP contribution in [0.25, 0.3) is 0 Å². The van der Waals surface area contributed by atoms with Gasteiger partial charge in [0, 0.05) is 12.7 Å². The SMILES string of the molecule is Cc1ccc(S(=O)(=O)N(C)c2ccccc2C(=O)Nc2cc(C)ccc2C)cc1. The normalized spacial score (nSPS) is 11.2. The van der Waals surface area contributed by atoms with Gasteiger partial charge in [0.2, 0.25) is 0 Å². The van der Waals surface area contributed by atoms with Gasteiger partial charge in [-0.25, -0.2) is 8.42 Å². The zero-order valence-electron chi connectivity index (χ0n) is 16.9. The summed E-state index contributed by atoms with van der Waals surface area (Å²) >= 11 is 0. The first-order valence-corrected chi connectivity index (χ1v) is 10.7. The number of benzene rings is 3. The van der Waals surface area contributed by atoms with Crippen LogP contribution in [-0.2, 0) is 10.0 Å². The van der Waals surface area contributed by atoms with Gasteiger partial charge in [0.25, 0.3) is 15.9 Å². The summed E-state index contributed by atoms with van der Waals surface area (Å²) in [7, 11) is -2.34. The second-order valence-corrected chi connectivity index (χ2v) is 9.04. The number of hydrogen-bond acceptors (Lipinski definition) is 3. The lowest BCUT2D eigenvalue weighted by Crippen LogP contribution is -2.29. The minimum Gasteiger partial charge on any atom is -0.322 e. The lowest BCUT2D eigenvalue weighted by Gasteiger charge is -2.22. The fourth-order valence-corrected chi connectivity index (χ4v) is 4.21. The first kappa shape index (κ1) is 20.6. The second-order valence-electron chi connectivity index (χ2n) is 7.08. The molecule has 1 N–H and O–H groups in total. The summed E-state index contributed by atoms with van der Waals surface area (Å²) in [5.74, 6) is -0.361. The number of carbonyl (C=O) groups excluding carboxylic acids is 1. The summed E-state index contributed by atoms with van der Waals surface area (Å²) in [5, 5.41) is 2.90. The Bertz CT molecular complexity index is 1150. The van der Waals surface area contributed by atoms with Crippen molar-refractivity contribution < 1.29 is 13.2 Å². The number of sulfonamides is 1. The third-order valence-electron chi connectivity index (χ3n) is 4.81. The van der Waals surface area contributed by atoms with Crippen molar-refractivity contribution in [2.75, 3.05) is 16.7 Å². The summed E-state index contributed by atoms with van der Waals surface area (Å²) in [5.41, 5.74) is 4.23. The molecule has 0 unspecified atom stereocenters. The molecular weight excluding hydrogens is 384 g/mol. The lowest BCUT2D eigenvalue weighted by molar-refractivity contribution is 0.102. The zero-order chi connectivity index (χ0) is 21.2. The average Bonchev–Trinajstić information content (AvgIpc) is 2.70. The molecule has 0 saturated carbocycles. The Hall–Kier alpha value is -3.12. The highest BCUT2D eigenvalue weighted by molar-refractivity contribution is 7.92. The first-order valence-electron chi connectivity index (χ1n) is 9.23. The molecule has 0 bridgehead atoms. The average molecular weight is 409 g/mol. The molecule has 0 atom stereocenters. The topological polar surface area (TPSA) is 66.5 Å². The van der Waals surface area contributed by atoms with E-state index in [1.165, 1.54) is 7.05 Å². The highest BCUT2D eigenvalue weighted by atomic mass is 32.2. The van der Waals surface area contributed by atoms with Gasteiger partial charge >= 0.3 is 0 Å². The Morgan fingerprint density at radius 3 is 2.17 bits per heavy atom. The highest BCUT2D eigenvalue weighted by Gasteiger charge is 2.25. The second kappa shape index (κ2) is 8.09. The molecule has 0 aliphatic rings. The van der Waals surface area contributed by atoms with Crippen molar-refractivity contribution >= 4 is 27.3 Å². The van der Waals surface area contributed by atoms with E-state index in [2.05, 4.69) is 5.32 Å². The molecule has 0 fully saturated rings. The predicted octanol–water partition coefficient (Wildman–Crippen LogP) is 4.69. The molecule has 0 saturated heterocycles. The van der Waals surface area contributed by atoms with E-state index in [4.69, 9.17) is 0 Å². The number of nitrogens with zero attached hydrogens (tertiary/aromatic N) is 1. The summed E-state index contributed by atoms with van der Waals surface area (Å²) in [6, 6.07) is 19.1. The zero-order valence-corrected chi connectivity index (χ0v) is 17.7. The molecule has 0 spiro atoms. The van der Waals surface area contributed by atoms with E-state index in [0.29, 0.717) is 11.4 Å². The highest BCUT2D eigenvalue weighted by Crippen LogP contribution is 2.27. The number of carbonyl (C=O) groups is 1. The summed E-state index contributed by atoms with van der Waals surface area (Å²) in [4.78, 5) is 13.2. The van der Waals surface area contributed by atoms with Crippen molar-refractivity contribution in [1.29, 1.82) is 0 Å². The van der Waals surface area contributed by atoms with Gasteiger partial charge in [-0.3, -0.25) is 9.10 Å². The molecule has 5 nitrogen and oxygen atoms in total. The van der Waals surface area contributed by atoms with Crippen LogP contribution in [0.1, 0.15) is 27.0 Å². The van der Waals surface area contributed by atoms with Crippen LogP contribution in [0.4, 0.5) is 11.4 Å². The van der Waals surface area contributed by atoms with Crippen molar-refractivity contribution in [2.45, 2.75) is 25.7 Å². The maximum Gasteiger partial charge on any atom is 0.264 e. The smallest absolute Gasteiger partial charge is 0.264 e. The number of aryl methyl sites for hydroxylation is 3. The Labute approximate surface area is 172 Å². The first-order chi connectivity index (χ1) is 13.7. The third-order valence-corrected chi connectivity index (χ3v) is 6.59. The standard InChI is InChI=1S/C23H24N2O3S/c1-16-10-13-19(14-11-16)29(27,28)25(4)22-8-6-5-7-20(22)23(26)24-21-15-17(2)9-12-18(21)3/h5-15H,1-4H3,(H,24,26). The van der Waals surface area contributed by atoms with E-state index in [0.717, 1.165) is 21.0 Å². The van der Waals surface area contributed by atoms with Crippen molar-refractivity contribution in [3.8, 4) is 0 Å². The molecule has 0 heterocycles. The maximum atomic E-state index is 13.1. The summed E-state index contributed by atoms with van der Waals surface area (Å²) < 4.78 is 27.3. The minimum absolute atomic E-state index is 0.176. The number of anilines is 2. The van der Waals surface area contributed by atoms with Crippen LogP contribution in [0.3, 0.4) is 0 Å². The van der Waals surface area contributed by atoms with Crippen molar-refractivity contribution in [3.05, 3.63) is 89.0 Å². The van der Waals surface area contributed by atoms with Crippen LogP contribution in [0, 0.1) is 20.8 Å². The van der Waals surface area contributed by atoms with Gasteiger partial charge in [0.05, 0.1) is 16.1 Å². The maximum absolute atomic E-state index is 13.1. The predicted molar refractivity (Wildman–Crippen MR) is 117 cm³/mol. The molecular formula is C23H24N2O3S. The number of para-hydroxylation sites is 1. The van der Waals surface area contributed by atoms with E-state index in [-0.39, 0.29) is 16.4 Å². The lowest BCUT2D eigenvalue weighted by atomic mass is 10.1. The number of nitrogens with one attached hydrogen (secondary N) is 1. The van der Waals surface area contributed by atoms with Gasteiger partial charge in [-0.15, -0.1) is 0 Å². The van der Waals surface area contributed by atoms with E-state index in [1.54, 1.807) is 48.5 Å². The Morgan fingerprint density at radius 1 is 0.862 bits per heavy atom. The van der Waals surface area contributed by atoms with E-state index in [9.17, 15) is 13.2 Å². The van der Waals surface area contributed by atoms with E-state index < -0.39 is 10.0 Å². The van der Waals surface area contributed by atoms with E-state index in [1.807, 2.05) is 39.0 Å². The molecule has 1 amide bonds. The fourth-order valence-electron chi connectivity index (χ4n) is 3.00. The van der Waals surface area contributed by atoms with Gasteiger partial charge in [-0.2, -0.15) is 0 Å². The van der Waals surface area contributed by atoms with Crippen LogP contribution in [0.5, 0.6) is 0 Å². The Kier molecular flexibility index (Phi) is 5.75. The molecule has 6 heteroatoms. The molecule has 0 aliphatic heterocycles. The Balaban J connectivity index is 1.97. The molecule has 29 heavy (non-hydrogen) atoms. The Morgan fingerprint density at radius 2 is 1.48 bits per heavy atom. The summed E-state index contributed by atoms with van der Waals surface area (Å²) in [6.07, 6.45) is 0.